The van der Waals surface area contributed by atoms with Crippen molar-refractivity contribution in [1.82, 2.24) is 15.6 Å². The predicted molar refractivity (Wildman–Crippen MR) is 108 cm³/mol. The molecule has 1 heterocycles. The number of nitrogens with zero attached hydrogens (tertiary/aromatic N) is 2. The topological polar surface area (TPSA) is 49.3 Å². The van der Waals surface area contributed by atoms with E-state index in [1.165, 1.54) is 0 Å². The largest absolute Gasteiger partial charge is 0.434 e. The van der Waals surface area contributed by atoms with Crippen LogP contribution in [0.4, 0.5) is 13.2 Å². The number of aliphatic imine (C=N–C) groups is 1. The molecule has 1 unspecified atom stereocenters. The lowest BCUT2D eigenvalue weighted by molar-refractivity contribution is -0.140. The van der Waals surface area contributed by atoms with Gasteiger partial charge in [-0.15, -0.1) is 35.3 Å². The van der Waals surface area contributed by atoms with Crippen molar-refractivity contribution in [2.45, 2.75) is 25.7 Å². The zero-order valence-electron chi connectivity index (χ0n) is 13.4. The number of thiazole rings is 1. The van der Waals surface area contributed by atoms with Gasteiger partial charge in [0.15, 0.2) is 11.7 Å². The first-order valence-electron chi connectivity index (χ1n) is 7.04. The summed E-state index contributed by atoms with van der Waals surface area (Å²) >= 11 is 4.45. The molecule has 0 fully saturated rings. The fraction of sp³-hybridized carbons (Fsp3) is 0.333. The van der Waals surface area contributed by atoms with Crippen LogP contribution in [0.3, 0.4) is 0 Å². The Hall–Kier alpha value is -0.880. The van der Waals surface area contributed by atoms with Crippen LogP contribution in [0.5, 0.6) is 0 Å². The summed E-state index contributed by atoms with van der Waals surface area (Å²) in [6, 6.07) is 7.74. The summed E-state index contributed by atoms with van der Waals surface area (Å²) in [5.41, 5.74) is 0.183. The van der Waals surface area contributed by atoms with Crippen LogP contribution in [0, 0.1) is 0 Å². The van der Waals surface area contributed by atoms with Gasteiger partial charge < -0.3 is 10.6 Å². The molecule has 0 aliphatic rings. The molecule has 0 saturated carbocycles. The predicted octanol–water partition coefficient (Wildman–Crippen LogP) is 4.97. The smallest absolute Gasteiger partial charge is 0.350 e. The number of rotatable bonds is 4. The van der Waals surface area contributed by atoms with E-state index in [1.54, 1.807) is 7.05 Å². The third-order valence-electron chi connectivity index (χ3n) is 3.20. The molecule has 1 aromatic carbocycles. The summed E-state index contributed by atoms with van der Waals surface area (Å²) in [7, 11) is 1.60. The van der Waals surface area contributed by atoms with E-state index in [1.807, 2.05) is 31.2 Å². The van der Waals surface area contributed by atoms with Crippen LogP contribution >= 0.6 is 51.2 Å². The SMILES string of the molecule is CN=C(NCc1nc(C(F)(F)F)cs1)NC(C)c1ccccc1Br.I. The van der Waals surface area contributed by atoms with Gasteiger partial charge in [-0.3, -0.25) is 4.99 Å². The second-order valence-electron chi connectivity index (χ2n) is 4.94. The summed E-state index contributed by atoms with van der Waals surface area (Å²) in [5.74, 6) is 0.488. The van der Waals surface area contributed by atoms with Crippen LogP contribution in [-0.2, 0) is 12.7 Å². The summed E-state index contributed by atoms with van der Waals surface area (Å²) in [4.78, 5) is 7.67. The first-order valence-corrected chi connectivity index (χ1v) is 8.71. The summed E-state index contributed by atoms with van der Waals surface area (Å²) in [5, 5.41) is 7.53. The van der Waals surface area contributed by atoms with Gasteiger partial charge in [0.25, 0.3) is 0 Å². The second kappa shape index (κ2) is 9.72. The maximum absolute atomic E-state index is 12.5. The van der Waals surface area contributed by atoms with E-state index in [9.17, 15) is 13.2 Å². The average Bonchev–Trinajstić information content (AvgIpc) is 3.00. The van der Waals surface area contributed by atoms with Crippen molar-refractivity contribution in [3.63, 3.8) is 0 Å². The van der Waals surface area contributed by atoms with Gasteiger partial charge in [-0.2, -0.15) is 13.2 Å². The van der Waals surface area contributed by atoms with Crippen molar-refractivity contribution >= 4 is 57.2 Å². The molecule has 2 N–H and O–H groups in total. The van der Waals surface area contributed by atoms with E-state index in [0.717, 1.165) is 26.8 Å². The van der Waals surface area contributed by atoms with Gasteiger partial charge in [0.2, 0.25) is 0 Å². The van der Waals surface area contributed by atoms with Gasteiger partial charge in [0.1, 0.15) is 5.01 Å². The zero-order chi connectivity index (χ0) is 17.7. The van der Waals surface area contributed by atoms with Crippen molar-refractivity contribution in [2.75, 3.05) is 7.05 Å². The molecular formula is C15H17BrF3IN4S. The Morgan fingerprint density at radius 3 is 2.60 bits per heavy atom. The molecule has 4 nitrogen and oxygen atoms in total. The van der Waals surface area contributed by atoms with Gasteiger partial charge >= 0.3 is 6.18 Å². The lowest BCUT2D eigenvalue weighted by atomic mass is 10.1. The molecule has 1 aromatic heterocycles. The minimum absolute atomic E-state index is 0. The highest BCUT2D eigenvalue weighted by atomic mass is 127. The quantitative estimate of drug-likeness (QED) is 0.322. The molecule has 138 valence electrons. The number of hydrogen-bond acceptors (Lipinski definition) is 3. The van der Waals surface area contributed by atoms with Crippen LogP contribution in [0.1, 0.15) is 29.2 Å². The number of guanidine groups is 1. The number of alkyl halides is 3. The molecule has 2 aromatic rings. The van der Waals surface area contributed by atoms with E-state index in [0.29, 0.717) is 11.0 Å². The normalized spacial score (nSPS) is 13.1. The molecule has 0 radical (unpaired) electrons. The van der Waals surface area contributed by atoms with Crippen LogP contribution in [0.25, 0.3) is 0 Å². The molecule has 0 aliphatic carbocycles. The van der Waals surface area contributed by atoms with Gasteiger partial charge in [-0.25, -0.2) is 4.98 Å². The fourth-order valence-electron chi connectivity index (χ4n) is 1.99. The van der Waals surface area contributed by atoms with Crippen LogP contribution in [0.2, 0.25) is 0 Å². The Morgan fingerprint density at radius 1 is 1.36 bits per heavy atom. The number of aromatic nitrogens is 1. The van der Waals surface area contributed by atoms with E-state index in [4.69, 9.17) is 0 Å². The first-order chi connectivity index (χ1) is 11.3. The Kier molecular flexibility index (Phi) is 8.61. The Bertz CT molecular complexity index is 721. The molecule has 0 aliphatic heterocycles. The Balaban J connectivity index is 0.00000312. The third-order valence-corrected chi connectivity index (χ3v) is 4.77. The minimum Gasteiger partial charge on any atom is -0.350 e. The highest BCUT2D eigenvalue weighted by Crippen LogP contribution is 2.30. The highest BCUT2D eigenvalue weighted by Gasteiger charge is 2.33. The number of hydrogen-bond donors (Lipinski definition) is 2. The molecule has 1 atom stereocenters. The van der Waals surface area contributed by atoms with Crippen molar-refractivity contribution in [1.29, 1.82) is 0 Å². The second-order valence-corrected chi connectivity index (χ2v) is 6.73. The molecule has 2 rings (SSSR count). The summed E-state index contributed by atoms with van der Waals surface area (Å²) in [6.07, 6.45) is -4.41. The van der Waals surface area contributed by atoms with E-state index >= 15 is 0 Å². The Morgan fingerprint density at radius 2 is 2.04 bits per heavy atom. The molecule has 25 heavy (non-hydrogen) atoms. The number of halogens is 5. The van der Waals surface area contributed by atoms with Crippen LogP contribution in [-0.4, -0.2) is 18.0 Å². The van der Waals surface area contributed by atoms with Gasteiger partial charge in [0, 0.05) is 16.9 Å². The van der Waals surface area contributed by atoms with Gasteiger partial charge in [0.05, 0.1) is 12.6 Å². The molecule has 0 bridgehead atoms. The van der Waals surface area contributed by atoms with Crippen LogP contribution < -0.4 is 10.6 Å². The summed E-state index contributed by atoms with van der Waals surface area (Å²) < 4.78 is 38.6. The lowest BCUT2D eigenvalue weighted by Gasteiger charge is -2.19. The van der Waals surface area contributed by atoms with Crippen molar-refractivity contribution in [3.8, 4) is 0 Å². The zero-order valence-corrected chi connectivity index (χ0v) is 18.1. The lowest BCUT2D eigenvalue weighted by Crippen LogP contribution is -2.38. The van der Waals surface area contributed by atoms with Crippen molar-refractivity contribution < 1.29 is 13.2 Å². The molecule has 0 saturated heterocycles. The molecular weight excluding hydrogens is 532 g/mol. The fourth-order valence-corrected chi connectivity index (χ4v) is 3.35. The van der Waals surface area contributed by atoms with E-state index in [2.05, 4.69) is 36.5 Å². The maximum Gasteiger partial charge on any atom is 0.434 e. The van der Waals surface area contributed by atoms with Gasteiger partial charge in [-0.1, -0.05) is 34.1 Å². The van der Waals surface area contributed by atoms with Crippen LogP contribution in [0.15, 0.2) is 39.1 Å². The van der Waals surface area contributed by atoms with Gasteiger partial charge in [-0.05, 0) is 18.6 Å². The average molecular weight is 549 g/mol. The number of nitrogens with one attached hydrogen (secondary N) is 2. The standard InChI is InChI=1S/C15H16BrF3N4S.HI/c1-9(10-5-3-4-6-11(10)16)22-14(20-2)21-7-13-23-12(8-24-13)15(17,18)19;/h3-6,8-9H,7H2,1-2H3,(H2,20,21,22);1H. The molecule has 0 spiro atoms. The van der Waals surface area contributed by atoms with Crippen molar-refractivity contribution in [3.05, 3.63) is 50.4 Å². The molecule has 10 heteroatoms. The van der Waals surface area contributed by atoms with E-state index in [-0.39, 0.29) is 36.6 Å². The first kappa shape index (κ1) is 22.2. The monoisotopic (exact) mass is 548 g/mol. The summed E-state index contributed by atoms with van der Waals surface area (Å²) in [6.45, 7) is 2.14. The highest BCUT2D eigenvalue weighted by molar-refractivity contribution is 14.0. The third kappa shape index (κ3) is 6.41. The number of benzene rings is 1. The maximum atomic E-state index is 12.5. The Labute approximate surface area is 173 Å². The van der Waals surface area contributed by atoms with E-state index < -0.39 is 11.9 Å². The van der Waals surface area contributed by atoms with Crippen molar-refractivity contribution in [2.24, 2.45) is 4.99 Å². The minimum atomic E-state index is -4.41. The molecule has 0 amide bonds.